The minimum absolute atomic E-state index is 0.651. The number of hydrogen-bond acceptors (Lipinski definition) is 6. The molecule has 0 unspecified atom stereocenters. The smallest absolute Gasteiger partial charge is 0.200 e. The largest absolute Gasteiger partial charge is 0.497 e. The highest BCUT2D eigenvalue weighted by Crippen LogP contribution is 2.20. The van der Waals surface area contributed by atoms with Gasteiger partial charge in [-0.3, -0.25) is 9.88 Å². The van der Waals surface area contributed by atoms with Crippen LogP contribution in [0.5, 0.6) is 5.75 Å². The van der Waals surface area contributed by atoms with Gasteiger partial charge in [-0.25, -0.2) is 9.67 Å². The van der Waals surface area contributed by atoms with Gasteiger partial charge in [0.05, 0.1) is 19.3 Å². The summed E-state index contributed by atoms with van der Waals surface area (Å²) in [4.78, 5) is 14.1. The van der Waals surface area contributed by atoms with Crippen molar-refractivity contribution in [1.82, 2.24) is 29.5 Å². The Hall–Kier alpha value is -2.77. The van der Waals surface area contributed by atoms with E-state index in [0.29, 0.717) is 5.82 Å². The summed E-state index contributed by atoms with van der Waals surface area (Å²) in [6, 6.07) is 13.7. The van der Waals surface area contributed by atoms with Crippen LogP contribution in [0.15, 0.2) is 48.7 Å². The van der Waals surface area contributed by atoms with Gasteiger partial charge in [0.1, 0.15) is 17.3 Å². The van der Waals surface area contributed by atoms with Crippen LogP contribution in [0, 0.1) is 0 Å². The third-order valence-electron chi connectivity index (χ3n) is 5.06. The number of likely N-dealkylation sites (N-methyl/N-ethyl adjacent to an activating group) is 1. The Labute approximate surface area is 165 Å². The highest BCUT2D eigenvalue weighted by molar-refractivity contribution is 5.49. The average Bonchev–Trinajstić information content (AvgIpc) is 3.05. The summed E-state index contributed by atoms with van der Waals surface area (Å²) in [6.45, 7) is 5.08. The molecule has 0 spiro atoms. The van der Waals surface area contributed by atoms with Gasteiger partial charge in [0.15, 0.2) is 0 Å². The Morgan fingerprint density at radius 1 is 1.00 bits per heavy atom. The van der Waals surface area contributed by atoms with Crippen molar-refractivity contribution in [2.75, 3.05) is 40.3 Å². The molecule has 0 amide bonds. The van der Waals surface area contributed by atoms with Crippen LogP contribution in [0.25, 0.3) is 17.2 Å². The molecule has 1 saturated heterocycles. The molecule has 2 aromatic heterocycles. The molecule has 146 valence electrons. The Morgan fingerprint density at radius 2 is 1.86 bits per heavy atom. The maximum absolute atomic E-state index is 5.29. The number of benzene rings is 1. The lowest BCUT2D eigenvalue weighted by Crippen LogP contribution is -2.29. The van der Waals surface area contributed by atoms with Gasteiger partial charge in [0, 0.05) is 19.3 Å². The number of hydrogen-bond donors (Lipinski definition) is 0. The van der Waals surface area contributed by atoms with Crippen molar-refractivity contribution in [2.45, 2.75) is 13.0 Å². The van der Waals surface area contributed by atoms with Crippen LogP contribution in [-0.4, -0.2) is 69.9 Å². The fourth-order valence-corrected chi connectivity index (χ4v) is 3.44. The fourth-order valence-electron chi connectivity index (χ4n) is 3.44. The maximum atomic E-state index is 5.29. The number of pyridine rings is 1. The van der Waals surface area contributed by atoms with E-state index in [-0.39, 0.29) is 0 Å². The molecule has 1 aromatic carbocycles. The molecule has 0 aliphatic carbocycles. The molecule has 0 saturated carbocycles. The Balaban J connectivity index is 1.67. The first kappa shape index (κ1) is 18.6. The average molecular weight is 378 g/mol. The summed E-state index contributed by atoms with van der Waals surface area (Å²) < 4.78 is 7.22. The van der Waals surface area contributed by atoms with E-state index < -0.39 is 0 Å². The van der Waals surface area contributed by atoms with E-state index in [1.54, 1.807) is 13.3 Å². The molecule has 4 rings (SSSR count). The molecule has 0 bridgehead atoms. The normalized spacial score (nSPS) is 16.1. The van der Waals surface area contributed by atoms with Crippen molar-refractivity contribution < 1.29 is 4.74 Å². The SMILES string of the molecule is COc1ccc(-n2nc(-c3ccccn3)nc2CN2CCCN(C)CC2)cc1. The summed E-state index contributed by atoms with van der Waals surface area (Å²) in [6.07, 6.45) is 2.94. The fraction of sp³-hybridized carbons (Fsp3) is 0.381. The molecule has 7 nitrogen and oxygen atoms in total. The monoisotopic (exact) mass is 378 g/mol. The molecule has 7 heteroatoms. The van der Waals surface area contributed by atoms with Crippen molar-refractivity contribution in [3.63, 3.8) is 0 Å². The summed E-state index contributed by atoms with van der Waals surface area (Å²) >= 11 is 0. The molecule has 3 aromatic rings. The standard InChI is InChI=1S/C21H26N6O/c1-25-12-5-13-26(15-14-25)16-20-23-21(19-6-3-4-11-22-19)24-27(20)17-7-9-18(28-2)10-8-17/h3-4,6-11H,5,12-16H2,1-2H3. The van der Waals surface area contributed by atoms with Gasteiger partial charge in [-0.15, -0.1) is 5.10 Å². The minimum Gasteiger partial charge on any atom is -0.497 e. The van der Waals surface area contributed by atoms with Crippen LogP contribution in [0.3, 0.4) is 0 Å². The first-order valence-corrected chi connectivity index (χ1v) is 9.65. The summed E-state index contributed by atoms with van der Waals surface area (Å²) in [5, 5.41) is 4.78. The number of methoxy groups -OCH3 is 1. The first-order chi connectivity index (χ1) is 13.7. The highest BCUT2D eigenvalue weighted by Gasteiger charge is 2.19. The molecular weight excluding hydrogens is 352 g/mol. The van der Waals surface area contributed by atoms with Crippen LogP contribution in [0.2, 0.25) is 0 Å². The third kappa shape index (κ3) is 4.21. The predicted octanol–water partition coefficient (Wildman–Crippen LogP) is 2.48. The first-order valence-electron chi connectivity index (χ1n) is 9.65. The van der Waals surface area contributed by atoms with E-state index in [0.717, 1.165) is 55.7 Å². The molecule has 0 atom stereocenters. The Bertz CT molecular complexity index is 893. The summed E-state index contributed by atoms with van der Waals surface area (Å²) in [5.74, 6) is 2.40. The summed E-state index contributed by atoms with van der Waals surface area (Å²) in [5.41, 5.74) is 1.75. The van der Waals surface area contributed by atoms with Gasteiger partial charge in [-0.1, -0.05) is 6.07 Å². The second-order valence-corrected chi connectivity index (χ2v) is 7.11. The number of aromatic nitrogens is 4. The summed E-state index contributed by atoms with van der Waals surface area (Å²) in [7, 11) is 3.86. The molecule has 0 N–H and O–H groups in total. The van der Waals surface area contributed by atoms with Crippen molar-refractivity contribution in [2.24, 2.45) is 0 Å². The van der Waals surface area contributed by atoms with E-state index in [4.69, 9.17) is 14.8 Å². The predicted molar refractivity (Wildman–Crippen MR) is 109 cm³/mol. The topological polar surface area (TPSA) is 59.3 Å². The van der Waals surface area contributed by atoms with Gasteiger partial charge in [0.2, 0.25) is 5.82 Å². The van der Waals surface area contributed by atoms with Crippen LogP contribution in [0.4, 0.5) is 0 Å². The van der Waals surface area contributed by atoms with Gasteiger partial charge in [0.25, 0.3) is 0 Å². The molecule has 1 aliphatic rings. The van der Waals surface area contributed by atoms with E-state index in [1.165, 1.54) is 6.42 Å². The van der Waals surface area contributed by atoms with Crippen LogP contribution in [-0.2, 0) is 6.54 Å². The maximum Gasteiger partial charge on any atom is 0.200 e. The molecule has 0 radical (unpaired) electrons. The lowest BCUT2D eigenvalue weighted by molar-refractivity contribution is 0.261. The van der Waals surface area contributed by atoms with E-state index in [9.17, 15) is 0 Å². The van der Waals surface area contributed by atoms with E-state index in [2.05, 4.69) is 21.8 Å². The molecule has 28 heavy (non-hydrogen) atoms. The number of ether oxygens (including phenoxy) is 1. The zero-order valence-corrected chi connectivity index (χ0v) is 16.5. The van der Waals surface area contributed by atoms with Gasteiger partial charge in [-0.2, -0.15) is 0 Å². The number of rotatable bonds is 5. The van der Waals surface area contributed by atoms with Gasteiger partial charge in [-0.05, 0) is 63.0 Å². The van der Waals surface area contributed by atoms with Gasteiger partial charge < -0.3 is 9.64 Å². The van der Waals surface area contributed by atoms with Crippen molar-refractivity contribution >= 4 is 0 Å². The lowest BCUT2D eigenvalue weighted by atomic mass is 10.3. The second kappa shape index (κ2) is 8.50. The van der Waals surface area contributed by atoms with Crippen molar-refractivity contribution in [3.8, 4) is 23.0 Å². The zero-order chi connectivity index (χ0) is 19.3. The lowest BCUT2D eigenvalue weighted by Gasteiger charge is -2.19. The Kier molecular flexibility index (Phi) is 5.64. The quantitative estimate of drug-likeness (QED) is 0.680. The highest BCUT2D eigenvalue weighted by atomic mass is 16.5. The zero-order valence-electron chi connectivity index (χ0n) is 16.5. The molecule has 1 fully saturated rings. The van der Waals surface area contributed by atoms with Crippen LogP contribution in [0.1, 0.15) is 12.2 Å². The van der Waals surface area contributed by atoms with Gasteiger partial charge >= 0.3 is 0 Å². The third-order valence-corrected chi connectivity index (χ3v) is 5.06. The van der Waals surface area contributed by atoms with Crippen molar-refractivity contribution in [1.29, 1.82) is 0 Å². The Morgan fingerprint density at radius 3 is 2.61 bits per heavy atom. The van der Waals surface area contributed by atoms with E-state index in [1.807, 2.05) is 47.1 Å². The molecule has 3 heterocycles. The van der Waals surface area contributed by atoms with Crippen molar-refractivity contribution in [3.05, 3.63) is 54.5 Å². The van der Waals surface area contributed by atoms with Crippen LogP contribution < -0.4 is 4.74 Å². The van der Waals surface area contributed by atoms with Crippen LogP contribution >= 0.6 is 0 Å². The van der Waals surface area contributed by atoms with E-state index >= 15 is 0 Å². The number of nitrogens with zero attached hydrogens (tertiary/aromatic N) is 6. The molecular formula is C21H26N6O. The molecule has 1 aliphatic heterocycles. The second-order valence-electron chi connectivity index (χ2n) is 7.11. The minimum atomic E-state index is 0.651.